The van der Waals surface area contributed by atoms with Gasteiger partial charge in [-0.05, 0) is 43.0 Å². The standard InChI is InChI=1S/C19H32N2O/c1-17(2)18-8-7-9-19(16-18)22-15-6-4-3-5-12-21-13-10-20-11-14-21/h7-9,16-17,20H,3-6,10-15H2,1-2H3. The van der Waals surface area contributed by atoms with Crippen LogP contribution < -0.4 is 10.1 Å². The van der Waals surface area contributed by atoms with Crippen LogP contribution in [0.5, 0.6) is 5.75 Å². The van der Waals surface area contributed by atoms with Crippen LogP contribution in [0.25, 0.3) is 0 Å². The van der Waals surface area contributed by atoms with Gasteiger partial charge in [-0.2, -0.15) is 0 Å². The van der Waals surface area contributed by atoms with Crippen molar-refractivity contribution < 1.29 is 4.74 Å². The Labute approximate surface area is 136 Å². The second-order valence-electron chi connectivity index (χ2n) is 6.58. The molecule has 0 amide bonds. The highest BCUT2D eigenvalue weighted by Crippen LogP contribution is 2.20. The maximum Gasteiger partial charge on any atom is 0.119 e. The van der Waals surface area contributed by atoms with E-state index in [0.29, 0.717) is 5.92 Å². The van der Waals surface area contributed by atoms with Crippen LogP contribution in [0.4, 0.5) is 0 Å². The molecule has 0 saturated carbocycles. The molecule has 124 valence electrons. The van der Waals surface area contributed by atoms with E-state index in [1.807, 2.05) is 0 Å². The van der Waals surface area contributed by atoms with E-state index in [-0.39, 0.29) is 0 Å². The molecule has 1 aliphatic heterocycles. The highest BCUT2D eigenvalue weighted by Gasteiger charge is 2.08. The normalized spacial score (nSPS) is 16.1. The molecule has 1 aliphatic rings. The van der Waals surface area contributed by atoms with Crippen molar-refractivity contribution in [1.29, 1.82) is 0 Å². The Morgan fingerprint density at radius 1 is 1.09 bits per heavy atom. The third-order valence-corrected chi connectivity index (χ3v) is 4.37. The second kappa shape index (κ2) is 9.86. The van der Waals surface area contributed by atoms with Crippen LogP contribution in [0.1, 0.15) is 51.0 Å². The van der Waals surface area contributed by atoms with Crippen molar-refractivity contribution in [1.82, 2.24) is 10.2 Å². The molecule has 3 heteroatoms. The molecule has 0 spiro atoms. The number of piperazine rings is 1. The number of nitrogens with zero attached hydrogens (tertiary/aromatic N) is 1. The summed E-state index contributed by atoms with van der Waals surface area (Å²) in [6.07, 6.45) is 5.07. The molecule has 0 radical (unpaired) electrons. The summed E-state index contributed by atoms with van der Waals surface area (Å²) < 4.78 is 5.87. The Morgan fingerprint density at radius 2 is 1.86 bits per heavy atom. The molecule has 0 aromatic heterocycles. The fourth-order valence-corrected chi connectivity index (χ4v) is 2.88. The van der Waals surface area contributed by atoms with Crippen molar-refractivity contribution >= 4 is 0 Å². The van der Waals surface area contributed by atoms with Crippen LogP contribution in [0, 0.1) is 0 Å². The summed E-state index contributed by atoms with van der Waals surface area (Å²) in [7, 11) is 0. The summed E-state index contributed by atoms with van der Waals surface area (Å²) in [5.74, 6) is 1.58. The van der Waals surface area contributed by atoms with Crippen LogP contribution in [0.15, 0.2) is 24.3 Å². The van der Waals surface area contributed by atoms with Gasteiger partial charge in [0.1, 0.15) is 5.75 Å². The van der Waals surface area contributed by atoms with E-state index in [2.05, 4.69) is 48.3 Å². The number of hydrogen-bond acceptors (Lipinski definition) is 3. The molecule has 1 N–H and O–H groups in total. The second-order valence-corrected chi connectivity index (χ2v) is 6.58. The fourth-order valence-electron chi connectivity index (χ4n) is 2.88. The van der Waals surface area contributed by atoms with Gasteiger partial charge >= 0.3 is 0 Å². The summed E-state index contributed by atoms with van der Waals surface area (Å²) >= 11 is 0. The number of hydrogen-bond donors (Lipinski definition) is 1. The Bertz CT molecular complexity index is 414. The number of ether oxygens (including phenoxy) is 1. The summed E-state index contributed by atoms with van der Waals surface area (Å²) in [5.41, 5.74) is 1.36. The first-order valence-electron chi connectivity index (χ1n) is 8.91. The van der Waals surface area contributed by atoms with E-state index in [4.69, 9.17) is 4.74 Å². The Balaban J connectivity index is 1.51. The predicted octanol–water partition coefficient (Wildman–Crippen LogP) is 3.65. The van der Waals surface area contributed by atoms with Crippen molar-refractivity contribution in [3.05, 3.63) is 29.8 Å². The molecular formula is C19H32N2O. The van der Waals surface area contributed by atoms with Crippen molar-refractivity contribution in [2.45, 2.75) is 45.4 Å². The van der Waals surface area contributed by atoms with Gasteiger partial charge in [0, 0.05) is 26.2 Å². The Morgan fingerprint density at radius 3 is 2.64 bits per heavy atom. The monoisotopic (exact) mass is 304 g/mol. The van der Waals surface area contributed by atoms with E-state index < -0.39 is 0 Å². The third-order valence-electron chi connectivity index (χ3n) is 4.37. The minimum Gasteiger partial charge on any atom is -0.494 e. The van der Waals surface area contributed by atoms with Gasteiger partial charge in [0.2, 0.25) is 0 Å². The van der Waals surface area contributed by atoms with Gasteiger partial charge in [-0.1, -0.05) is 38.8 Å². The minimum absolute atomic E-state index is 0.563. The molecule has 1 fully saturated rings. The van der Waals surface area contributed by atoms with E-state index in [0.717, 1.165) is 31.9 Å². The van der Waals surface area contributed by atoms with Gasteiger partial charge in [0.05, 0.1) is 6.61 Å². The molecule has 1 aromatic carbocycles. The zero-order valence-corrected chi connectivity index (χ0v) is 14.3. The number of rotatable bonds is 9. The molecule has 0 aliphatic carbocycles. The third kappa shape index (κ3) is 6.37. The lowest BCUT2D eigenvalue weighted by molar-refractivity contribution is 0.234. The van der Waals surface area contributed by atoms with E-state index in [1.165, 1.54) is 44.5 Å². The molecule has 1 heterocycles. The molecule has 1 aromatic rings. The fraction of sp³-hybridized carbons (Fsp3) is 0.684. The molecule has 0 atom stereocenters. The van der Waals surface area contributed by atoms with Gasteiger partial charge in [-0.25, -0.2) is 0 Å². The van der Waals surface area contributed by atoms with Gasteiger partial charge < -0.3 is 15.0 Å². The predicted molar refractivity (Wildman–Crippen MR) is 93.8 cm³/mol. The molecule has 0 bridgehead atoms. The first-order valence-corrected chi connectivity index (χ1v) is 8.91. The zero-order chi connectivity index (χ0) is 15.6. The quantitative estimate of drug-likeness (QED) is 0.705. The Hall–Kier alpha value is -1.06. The molecule has 22 heavy (non-hydrogen) atoms. The van der Waals surface area contributed by atoms with Crippen molar-refractivity contribution in [3.8, 4) is 5.75 Å². The number of nitrogens with one attached hydrogen (secondary N) is 1. The lowest BCUT2D eigenvalue weighted by Gasteiger charge is -2.27. The largest absolute Gasteiger partial charge is 0.494 e. The lowest BCUT2D eigenvalue weighted by Crippen LogP contribution is -2.43. The first-order chi connectivity index (χ1) is 10.8. The minimum atomic E-state index is 0.563. The first kappa shape index (κ1) is 17.3. The SMILES string of the molecule is CC(C)c1cccc(OCCCCCCN2CCNCC2)c1. The van der Waals surface area contributed by atoms with Crippen LogP contribution in [0.2, 0.25) is 0 Å². The summed E-state index contributed by atoms with van der Waals surface area (Å²) in [6, 6.07) is 8.51. The van der Waals surface area contributed by atoms with Crippen molar-refractivity contribution in [3.63, 3.8) is 0 Å². The maximum atomic E-state index is 5.87. The van der Waals surface area contributed by atoms with Gasteiger partial charge in [-0.15, -0.1) is 0 Å². The number of benzene rings is 1. The van der Waals surface area contributed by atoms with Gasteiger partial charge in [-0.3, -0.25) is 0 Å². The zero-order valence-electron chi connectivity index (χ0n) is 14.3. The summed E-state index contributed by atoms with van der Waals surface area (Å²) in [5, 5.41) is 3.40. The van der Waals surface area contributed by atoms with Crippen LogP contribution >= 0.6 is 0 Å². The average Bonchev–Trinajstić information content (AvgIpc) is 2.55. The maximum absolute atomic E-state index is 5.87. The Kier molecular flexibility index (Phi) is 7.75. The number of unbranched alkanes of at least 4 members (excludes halogenated alkanes) is 3. The van der Waals surface area contributed by atoms with E-state index in [9.17, 15) is 0 Å². The molecule has 2 rings (SSSR count). The summed E-state index contributed by atoms with van der Waals surface area (Å²) in [6.45, 7) is 11.3. The summed E-state index contributed by atoms with van der Waals surface area (Å²) in [4.78, 5) is 2.57. The molecular weight excluding hydrogens is 272 g/mol. The van der Waals surface area contributed by atoms with Crippen LogP contribution in [0.3, 0.4) is 0 Å². The van der Waals surface area contributed by atoms with Crippen molar-refractivity contribution in [2.75, 3.05) is 39.3 Å². The highest BCUT2D eigenvalue weighted by atomic mass is 16.5. The smallest absolute Gasteiger partial charge is 0.119 e. The van der Waals surface area contributed by atoms with Gasteiger partial charge in [0.25, 0.3) is 0 Å². The van der Waals surface area contributed by atoms with E-state index >= 15 is 0 Å². The van der Waals surface area contributed by atoms with Gasteiger partial charge in [0.15, 0.2) is 0 Å². The van der Waals surface area contributed by atoms with Crippen LogP contribution in [-0.4, -0.2) is 44.2 Å². The molecule has 1 saturated heterocycles. The lowest BCUT2D eigenvalue weighted by atomic mass is 10.0. The van der Waals surface area contributed by atoms with Crippen molar-refractivity contribution in [2.24, 2.45) is 0 Å². The topological polar surface area (TPSA) is 24.5 Å². The van der Waals surface area contributed by atoms with Crippen LogP contribution in [-0.2, 0) is 0 Å². The highest BCUT2D eigenvalue weighted by molar-refractivity contribution is 5.30. The van der Waals surface area contributed by atoms with E-state index in [1.54, 1.807) is 0 Å². The molecule has 0 unspecified atom stereocenters. The molecule has 3 nitrogen and oxygen atoms in total. The average molecular weight is 304 g/mol.